The highest BCUT2D eigenvalue weighted by Gasteiger charge is 2.26. The van der Waals surface area contributed by atoms with Crippen molar-refractivity contribution >= 4 is 22.3 Å². The molecule has 4 aromatic rings. The lowest BCUT2D eigenvalue weighted by molar-refractivity contribution is 0.0697. The number of hydrogen-bond donors (Lipinski definition) is 1. The number of hydrogen-bond acceptors (Lipinski definition) is 5. The van der Waals surface area contributed by atoms with Crippen LogP contribution in [0.3, 0.4) is 0 Å². The summed E-state index contributed by atoms with van der Waals surface area (Å²) in [7, 11) is 0. The minimum atomic E-state index is -0.926. The average molecular weight is 487 g/mol. The van der Waals surface area contributed by atoms with Gasteiger partial charge in [-0.1, -0.05) is 67.0 Å². The Morgan fingerprint density at radius 3 is 2.23 bits per heavy atom. The molecule has 0 spiro atoms. The largest absolute Gasteiger partial charge is 0.478 e. The Kier molecular flexibility index (Phi) is 6.12. The number of likely N-dealkylation sites (tertiary alicyclic amines) is 1. The van der Waals surface area contributed by atoms with Crippen molar-refractivity contribution in [2.24, 2.45) is 0 Å². The molecule has 1 saturated heterocycles. The minimum absolute atomic E-state index is 0.272. The molecular weight excluding hydrogens is 456 g/mol. The first-order valence-electron chi connectivity index (χ1n) is 12.7. The number of piperidine rings is 1. The Balaban J connectivity index is 1.12. The van der Waals surface area contributed by atoms with Crippen LogP contribution in [0.4, 0.5) is 0 Å². The van der Waals surface area contributed by atoms with Crippen LogP contribution < -0.4 is 0 Å². The Hall–Kier alpha value is -3.03. The molecule has 0 unspecified atom stereocenters. The van der Waals surface area contributed by atoms with Crippen LogP contribution >= 0.6 is 11.3 Å². The van der Waals surface area contributed by atoms with Crippen molar-refractivity contribution in [2.45, 2.75) is 56.9 Å². The summed E-state index contributed by atoms with van der Waals surface area (Å²) in [6.07, 6.45) is 11.5. The Morgan fingerprint density at radius 2 is 1.57 bits per heavy atom. The molecule has 6 rings (SSSR count). The van der Waals surface area contributed by atoms with E-state index in [1.807, 2.05) is 10.7 Å². The van der Waals surface area contributed by atoms with E-state index in [1.54, 1.807) is 35.6 Å². The van der Waals surface area contributed by atoms with Crippen LogP contribution in [0.25, 0.3) is 26.8 Å². The van der Waals surface area contributed by atoms with E-state index < -0.39 is 5.97 Å². The summed E-state index contributed by atoms with van der Waals surface area (Å²) in [5.74, 6) is -0.267. The van der Waals surface area contributed by atoms with Gasteiger partial charge in [0.15, 0.2) is 0 Å². The Morgan fingerprint density at radius 1 is 0.886 bits per heavy atom. The highest BCUT2D eigenvalue weighted by atomic mass is 32.1. The second kappa shape index (κ2) is 9.55. The topological polar surface area (TPSA) is 70.7 Å². The summed E-state index contributed by atoms with van der Waals surface area (Å²) in [5.41, 5.74) is 4.52. The Bertz CT molecular complexity index is 1280. The van der Waals surface area contributed by atoms with Crippen molar-refractivity contribution < 1.29 is 9.90 Å². The third-order valence-electron chi connectivity index (χ3n) is 7.72. The van der Waals surface area contributed by atoms with Crippen LogP contribution in [0.5, 0.6) is 0 Å². The van der Waals surface area contributed by atoms with Gasteiger partial charge in [-0.2, -0.15) is 5.10 Å². The number of imidazole rings is 1. The smallest absolute Gasteiger partial charge is 0.335 e. The van der Waals surface area contributed by atoms with Gasteiger partial charge in [-0.15, -0.1) is 0 Å². The molecule has 2 aromatic carbocycles. The van der Waals surface area contributed by atoms with E-state index in [2.05, 4.69) is 29.2 Å². The number of fused-ring (bicyclic) bond motifs is 1. The lowest BCUT2D eigenvalue weighted by atomic mass is 9.86. The van der Waals surface area contributed by atoms with E-state index >= 15 is 0 Å². The maximum atomic E-state index is 11.1. The van der Waals surface area contributed by atoms with E-state index in [0.29, 0.717) is 5.92 Å². The number of carboxylic acid groups (broad SMARTS) is 1. The van der Waals surface area contributed by atoms with Gasteiger partial charge in [0.25, 0.3) is 0 Å². The van der Waals surface area contributed by atoms with Crippen molar-refractivity contribution in [3.05, 3.63) is 65.9 Å². The summed E-state index contributed by atoms with van der Waals surface area (Å²) < 4.78 is 1.81. The zero-order chi connectivity index (χ0) is 23.8. The van der Waals surface area contributed by atoms with E-state index in [0.717, 1.165) is 32.8 Å². The van der Waals surface area contributed by atoms with Crippen LogP contribution in [0.1, 0.15) is 66.8 Å². The van der Waals surface area contributed by atoms with Gasteiger partial charge in [-0.3, -0.25) is 0 Å². The number of benzene rings is 2. The molecule has 2 aromatic heterocycles. The van der Waals surface area contributed by atoms with Crippen LogP contribution in [0, 0.1) is 0 Å². The molecular formula is C28H30N4O2S. The highest BCUT2D eigenvalue weighted by Crippen LogP contribution is 2.34. The zero-order valence-electron chi connectivity index (χ0n) is 19.8. The number of nitrogens with zero attached hydrogens (tertiary/aromatic N) is 4. The van der Waals surface area contributed by atoms with E-state index in [1.165, 1.54) is 63.6 Å². The maximum Gasteiger partial charge on any atom is 0.335 e. The average Bonchev–Trinajstić information content (AvgIpc) is 3.49. The van der Waals surface area contributed by atoms with Gasteiger partial charge < -0.3 is 10.0 Å². The highest BCUT2D eigenvalue weighted by molar-refractivity contribution is 7.19. The normalized spacial score (nSPS) is 18.3. The number of aromatic nitrogens is 3. The fourth-order valence-electron chi connectivity index (χ4n) is 5.68. The fourth-order valence-corrected chi connectivity index (χ4v) is 6.57. The maximum absolute atomic E-state index is 11.1. The summed E-state index contributed by atoms with van der Waals surface area (Å²) in [6.45, 7) is 2.48. The monoisotopic (exact) mass is 486 g/mol. The molecule has 0 bridgehead atoms. The van der Waals surface area contributed by atoms with Gasteiger partial charge in [0.1, 0.15) is 5.01 Å². The van der Waals surface area contributed by atoms with Crippen LogP contribution in [-0.4, -0.2) is 49.7 Å². The quantitative estimate of drug-likeness (QED) is 0.357. The predicted octanol–water partition coefficient (Wildman–Crippen LogP) is 6.34. The van der Waals surface area contributed by atoms with Crippen LogP contribution in [0.2, 0.25) is 0 Å². The molecule has 2 aliphatic rings. The van der Waals surface area contributed by atoms with Crippen LogP contribution in [-0.2, 0) is 0 Å². The summed E-state index contributed by atoms with van der Waals surface area (Å²) in [5, 5.41) is 14.8. The lowest BCUT2D eigenvalue weighted by Gasteiger charge is -2.39. The van der Waals surface area contributed by atoms with Gasteiger partial charge in [0.05, 0.1) is 17.5 Å². The lowest BCUT2D eigenvalue weighted by Crippen LogP contribution is -2.41. The van der Waals surface area contributed by atoms with Crippen molar-refractivity contribution in [1.82, 2.24) is 19.5 Å². The summed E-state index contributed by atoms with van der Waals surface area (Å²) >= 11 is 1.57. The second-order valence-electron chi connectivity index (χ2n) is 9.87. The zero-order valence-corrected chi connectivity index (χ0v) is 20.6. The molecule has 7 heteroatoms. The van der Waals surface area contributed by atoms with Crippen molar-refractivity contribution in [2.75, 3.05) is 13.1 Å². The predicted molar refractivity (Wildman–Crippen MR) is 139 cm³/mol. The minimum Gasteiger partial charge on any atom is -0.478 e. The number of carboxylic acids is 1. The third-order valence-corrected chi connectivity index (χ3v) is 8.69. The molecule has 1 aliphatic heterocycles. The molecule has 180 valence electrons. The standard InChI is InChI=1S/C28H30N4O2S/c33-27(34)23-12-8-21(9-13-23)25-18-32-28(29-25)35-26(30-32)22-10-6-19(7-11-22)20-14-16-31(17-15-20)24-4-2-1-3-5-24/h6-13,18,20,24H,1-5,14-17H2,(H,33,34). The molecule has 6 nitrogen and oxygen atoms in total. The summed E-state index contributed by atoms with van der Waals surface area (Å²) in [6, 6.07) is 16.6. The molecule has 3 heterocycles. The molecule has 0 amide bonds. The SMILES string of the molecule is O=C(O)c1ccc(-c2cn3nc(-c4ccc(C5CCN(C6CCCCC6)CC5)cc4)sc3n2)cc1. The molecule has 2 fully saturated rings. The van der Waals surface area contributed by atoms with Crippen molar-refractivity contribution in [3.8, 4) is 21.8 Å². The van der Waals surface area contributed by atoms with Gasteiger partial charge in [0.2, 0.25) is 4.96 Å². The molecule has 0 radical (unpaired) electrons. The van der Waals surface area contributed by atoms with Gasteiger partial charge in [-0.05, 0) is 62.4 Å². The van der Waals surface area contributed by atoms with Crippen molar-refractivity contribution in [3.63, 3.8) is 0 Å². The van der Waals surface area contributed by atoms with Crippen LogP contribution in [0.15, 0.2) is 54.7 Å². The molecule has 0 atom stereocenters. The summed E-state index contributed by atoms with van der Waals surface area (Å²) in [4.78, 5) is 19.4. The fraction of sp³-hybridized carbons (Fsp3) is 0.393. The van der Waals surface area contributed by atoms with Crippen molar-refractivity contribution in [1.29, 1.82) is 0 Å². The first-order chi connectivity index (χ1) is 17.1. The first-order valence-corrected chi connectivity index (χ1v) is 13.5. The molecule has 1 saturated carbocycles. The second-order valence-corrected chi connectivity index (χ2v) is 10.8. The number of carbonyl (C=O) groups is 1. The molecule has 1 N–H and O–H groups in total. The van der Waals surface area contributed by atoms with Gasteiger partial charge in [0, 0.05) is 17.2 Å². The van der Waals surface area contributed by atoms with E-state index in [4.69, 9.17) is 15.2 Å². The van der Waals surface area contributed by atoms with Gasteiger partial charge >= 0.3 is 5.97 Å². The third kappa shape index (κ3) is 4.62. The Labute approximate surface area is 209 Å². The van der Waals surface area contributed by atoms with E-state index in [-0.39, 0.29) is 5.56 Å². The first kappa shape index (κ1) is 22.4. The number of aromatic carboxylic acids is 1. The number of rotatable bonds is 5. The van der Waals surface area contributed by atoms with Gasteiger partial charge in [-0.25, -0.2) is 14.3 Å². The molecule has 35 heavy (non-hydrogen) atoms. The molecule has 1 aliphatic carbocycles. The van der Waals surface area contributed by atoms with E-state index in [9.17, 15) is 4.79 Å².